The number of imidazole rings is 1. The average molecular weight is 256 g/mol. The van der Waals surface area contributed by atoms with Crippen LogP contribution < -0.4 is 0 Å². The van der Waals surface area contributed by atoms with Crippen molar-refractivity contribution in [3.05, 3.63) is 18.2 Å². The molecular weight excluding hydrogens is 236 g/mol. The van der Waals surface area contributed by atoms with Crippen LogP contribution in [0.2, 0.25) is 25.7 Å². The number of carboxylic acid groups (broad SMARTS) is 1. The fourth-order valence-electron chi connectivity index (χ4n) is 1.27. The van der Waals surface area contributed by atoms with Crippen LogP contribution in [-0.2, 0) is 22.7 Å². The van der Waals surface area contributed by atoms with Gasteiger partial charge < -0.3 is 14.4 Å². The number of rotatable bonds is 7. The Bertz CT molecular complexity index is 371. The van der Waals surface area contributed by atoms with Gasteiger partial charge in [0.25, 0.3) is 0 Å². The van der Waals surface area contributed by atoms with Crippen LogP contribution in [0.4, 0.5) is 0 Å². The van der Waals surface area contributed by atoms with Crippen molar-refractivity contribution in [1.29, 1.82) is 0 Å². The number of aliphatic carboxylic acids is 1. The van der Waals surface area contributed by atoms with Crippen molar-refractivity contribution in [2.75, 3.05) is 6.61 Å². The molecule has 0 saturated heterocycles. The Morgan fingerprint density at radius 3 is 2.82 bits per heavy atom. The Morgan fingerprint density at radius 1 is 1.53 bits per heavy atom. The SMILES string of the molecule is C[Si](C)(C)CCOCn1cnc(CC(=O)O)c1. The maximum atomic E-state index is 10.5. The minimum absolute atomic E-state index is 0.0398. The predicted molar refractivity (Wildman–Crippen MR) is 67.7 cm³/mol. The molecule has 0 aliphatic heterocycles. The number of aromatic nitrogens is 2. The van der Waals surface area contributed by atoms with E-state index < -0.39 is 14.0 Å². The Labute approximate surface area is 102 Å². The molecule has 0 aliphatic carbocycles. The number of ether oxygens (including phenoxy) is 1. The molecule has 1 rings (SSSR count). The summed E-state index contributed by atoms with van der Waals surface area (Å²) in [5.74, 6) is -0.866. The quantitative estimate of drug-likeness (QED) is 0.597. The third-order valence-electron chi connectivity index (χ3n) is 2.26. The molecular formula is C11H20N2O3Si. The number of hydrogen-bond donors (Lipinski definition) is 1. The normalized spacial score (nSPS) is 11.7. The summed E-state index contributed by atoms with van der Waals surface area (Å²) in [6.07, 6.45) is 3.28. The lowest BCUT2D eigenvalue weighted by molar-refractivity contribution is -0.136. The summed E-state index contributed by atoms with van der Waals surface area (Å²) in [6.45, 7) is 8.11. The molecule has 1 heterocycles. The van der Waals surface area contributed by atoms with E-state index in [0.717, 1.165) is 12.7 Å². The molecule has 0 atom stereocenters. The summed E-state index contributed by atoms with van der Waals surface area (Å²) in [6, 6.07) is 1.13. The van der Waals surface area contributed by atoms with Crippen molar-refractivity contribution < 1.29 is 14.6 Å². The molecule has 0 aromatic carbocycles. The van der Waals surface area contributed by atoms with Crippen LogP contribution in [0.3, 0.4) is 0 Å². The third-order valence-corrected chi connectivity index (χ3v) is 3.96. The number of hydrogen-bond acceptors (Lipinski definition) is 3. The molecule has 0 spiro atoms. The van der Waals surface area contributed by atoms with Crippen molar-refractivity contribution in [3.63, 3.8) is 0 Å². The molecule has 0 amide bonds. The summed E-state index contributed by atoms with van der Waals surface area (Å²) in [5, 5.41) is 8.60. The van der Waals surface area contributed by atoms with E-state index in [0.29, 0.717) is 12.4 Å². The Kier molecular flexibility index (Phi) is 4.89. The van der Waals surface area contributed by atoms with E-state index in [1.54, 1.807) is 17.1 Å². The van der Waals surface area contributed by atoms with Gasteiger partial charge in [0, 0.05) is 20.9 Å². The highest BCUT2D eigenvalue weighted by Crippen LogP contribution is 2.08. The summed E-state index contributed by atoms with van der Waals surface area (Å²) in [7, 11) is -1.04. The van der Waals surface area contributed by atoms with Crippen molar-refractivity contribution in [2.24, 2.45) is 0 Å². The minimum Gasteiger partial charge on any atom is -0.481 e. The van der Waals surface area contributed by atoms with Gasteiger partial charge in [0.05, 0.1) is 18.4 Å². The molecule has 0 unspecified atom stereocenters. The summed E-state index contributed by atoms with van der Waals surface area (Å²) in [4.78, 5) is 14.5. The zero-order valence-corrected chi connectivity index (χ0v) is 11.6. The predicted octanol–water partition coefficient (Wildman–Crippen LogP) is 1.82. The highest BCUT2D eigenvalue weighted by Gasteiger charge is 2.12. The van der Waals surface area contributed by atoms with Crippen LogP contribution in [0, 0.1) is 0 Å². The molecule has 96 valence electrons. The molecule has 1 aromatic rings. The Hall–Kier alpha value is -1.14. The molecule has 6 heteroatoms. The van der Waals surface area contributed by atoms with Gasteiger partial charge in [-0.05, 0) is 6.04 Å². The molecule has 1 aromatic heterocycles. The summed E-state index contributed by atoms with van der Waals surface area (Å²) < 4.78 is 7.29. The lowest BCUT2D eigenvalue weighted by atomic mass is 10.3. The van der Waals surface area contributed by atoms with Crippen LogP contribution in [0.5, 0.6) is 0 Å². The second-order valence-electron chi connectivity index (χ2n) is 5.30. The van der Waals surface area contributed by atoms with E-state index in [1.807, 2.05) is 0 Å². The van der Waals surface area contributed by atoms with E-state index in [2.05, 4.69) is 24.6 Å². The zero-order chi connectivity index (χ0) is 12.9. The van der Waals surface area contributed by atoms with Crippen LogP contribution in [0.25, 0.3) is 0 Å². The third kappa shape index (κ3) is 6.23. The molecule has 0 fully saturated rings. The van der Waals surface area contributed by atoms with E-state index in [4.69, 9.17) is 9.84 Å². The lowest BCUT2D eigenvalue weighted by Crippen LogP contribution is -2.21. The summed E-state index contributed by atoms with van der Waals surface area (Å²) in [5.41, 5.74) is 0.561. The topological polar surface area (TPSA) is 64.4 Å². The molecule has 0 saturated carbocycles. The van der Waals surface area contributed by atoms with Gasteiger partial charge in [-0.2, -0.15) is 0 Å². The standard InChI is InChI=1S/C11H20N2O3Si/c1-17(2,3)5-4-16-9-13-7-10(12-8-13)6-11(14)15/h7-8H,4-6,9H2,1-3H3,(H,14,15). The Balaban J connectivity index is 2.28. The van der Waals surface area contributed by atoms with E-state index >= 15 is 0 Å². The minimum atomic E-state index is -1.04. The van der Waals surface area contributed by atoms with Crippen molar-refractivity contribution in [3.8, 4) is 0 Å². The average Bonchev–Trinajstić information content (AvgIpc) is 2.58. The maximum Gasteiger partial charge on any atom is 0.309 e. The van der Waals surface area contributed by atoms with Gasteiger partial charge in [-0.3, -0.25) is 4.79 Å². The number of carbonyl (C=O) groups is 1. The second kappa shape index (κ2) is 5.97. The van der Waals surface area contributed by atoms with E-state index in [-0.39, 0.29) is 6.42 Å². The van der Waals surface area contributed by atoms with Crippen LogP contribution in [-0.4, -0.2) is 35.3 Å². The highest BCUT2D eigenvalue weighted by molar-refractivity contribution is 6.76. The number of nitrogens with zero attached hydrogens (tertiary/aromatic N) is 2. The van der Waals surface area contributed by atoms with Gasteiger partial charge in [0.1, 0.15) is 6.73 Å². The van der Waals surface area contributed by atoms with Crippen LogP contribution in [0.1, 0.15) is 5.69 Å². The molecule has 0 radical (unpaired) electrons. The van der Waals surface area contributed by atoms with Gasteiger partial charge >= 0.3 is 5.97 Å². The largest absolute Gasteiger partial charge is 0.481 e. The van der Waals surface area contributed by atoms with E-state index in [9.17, 15) is 4.79 Å². The van der Waals surface area contributed by atoms with Crippen molar-refractivity contribution in [1.82, 2.24) is 9.55 Å². The number of carboxylic acids is 1. The highest BCUT2D eigenvalue weighted by atomic mass is 28.3. The van der Waals surface area contributed by atoms with Crippen LogP contribution >= 0.6 is 0 Å². The smallest absolute Gasteiger partial charge is 0.309 e. The zero-order valence-electron chi connectivity index (χ0n) is 10.6. The monoisotopic (exact) mass is 256 g/mol. The van der Waals surface area contributed by atoms with Crippen molar-refractivity contribution >= 4 is 14.0 Å². The van der Waals surface area contributed by atoms with Gasteiger partial charge in [0.15, 0.2) is 0 Å². The molecule has 17 heavy (non-hydrogen) atoms. The first-order chi connectivity index (χ1) is 7.87. The first kappa shape index (κ1) is 13.9. The maximum absolute atomic E-state index is 10.5. The second-order valence-corrected chi connectivity index (χ2v) is 10.9. The first-order valence-corrected chi connectivity index (χ1v) is 9.38. The van der Waals surface area contributed by atoms with Gasteiger partial charge in [-0.1, -0.05) is 19.6 Å². The Morgan fingerprint density at radius 2 is 2.24 bits per heavy atom. The molecule has 0 bridgehead atoms. The van der Waals surface area contributed by atoms with Gasteiger partial charge in [-0.15, -0.1) is 0 Å². The lowest BCUT2D eigenvalue weighted by Gasteiger charge is -2.15. The van der Waals surface area contributed by atoms with Gasteiger partial charge in [-0.25, -0.2) is 4.98 Å². The molecule has 1 N–H and O–H groups in total. The molecule has 0 aliphatic rings. The van der Waals surface area contributed by atoms with Crippen LogP contribution in [0.15, 0.2) is 12.5 Å². The fourth-order valence-corrected chi connectivity index (χ4v) is 2.03. The van der Waals surface area contributed by atoms with Crippen molar-refractivity contribution in [2.45, 2.75) is 38.8 Å². The summed E-state index contributed by atoms with van der Waals surface area (Å²) >= 11 is 0. The van der Waals surface area contributed by atoms with Gasteiger partial charge in [0.2, 0.25) is 0 Å². The molecule has 5 nitrogen and oxygen atoms in total. The fraction of sp³-hybridized carbons (Fsp3) is 0.636. The first-order valence-electron chi connectivity index (χ1n) is 5.67. The van der Waals surface area contributed by atoms with E-state index in [1.165, 1.54) is 0 Å².